The molecule has 0 saturated carbocycles. The SMILES string of the molecule is CCCC(CC)Nc1nc2cc([N+](=O)[O-])ccc2o1. The van der Waals surface area contributed by atoms with Crippen LogP contribution in [0.4, 0.5) is 11.7 Å². The molecule has 1 atom stereocenters. The number of nitrogens with one attached hydrogen (secondary N) is 1. The third kappa shape index (κ3) is 3.01. The molecule has 2 rings (SSSR count). The number of benzene rings is 1. The van der Waals surface area contributed by atoms with Gasteiger partial charge in [0.05, 0.1) is 4.92 Å². The van der Waals surface area contributed by atoms with Gasteiger partial charge < -0.3 is 9.73 Å². The fourth-order valence-corrected chi connectivity index (χ4v) is 1.99. The van der Waals surface area contributed by atoms with Crippen LogP contribution in [0.3, 0.4) is 0 Å². The maximum atomic E-state index is 10.7. The molecule has 0 aliphatic carbocycles. The minimum atomic E-state index is -0.437. The molecule has 0 aliphatic rings. The van der Waals surface area contributed by atoms with E-state index in [4.69, 9.17) is 4.42 Å². The zero-order valence-corrected chi connectivity index (χ0v) is 11.0. The predicted molar refractivity (Wildman–Crippen MR) is 73.3 cm³/mol. The normalized spacial score (nSPS) is 12.5. The second-order valence-corrected chi connectivity index (χ2v) is 4.47. The Balaban J connectivity index is 2.23. The van der Waals surface area contributed by atoms with Crippen LogP contribution in [0.5, 0.6) is 0 Å². The van der Waals surface area contributed by atoms with E-state index in [1.807, 2.05) is 0 Å². The first-order chi connectivity index (χ1) is 9.13. The number of nitrogens with zero attached hydrogens (tertiary/aromatic N) is 2. The van der Waals surface area contributed by atoms with Crippen LogP contribution in [-0.4, -0.2) is 15.9 Å². The van der Waals surface area contributed by atoms with Crippen molar-refractivity contribution < 1.29 is 9.34 Å². The Labute approximate surface area is 111 Å². The fourth-order valence-electron chi connectivity index (χ4n) is 1.99. The highest BCUT2D eigenvalue weighted by Crippen LogP contribution is 2.24. The van der Waals surface area contributed by atoms with Gasteiger partial charge in [0.2, 0.25) is 0 Å². The molecule has 1 aromatic heterocycles. The summed E-state index contributed by atoms with van der Waals surface area (Å²) in [4.78, 5) is 14.5. The van der Waals surface area contributed by atoms with Gasteiger partial charge in [0.15, 0.2) is 5.58 Å². The Hall–Kier alpha value is -2.11. The highest BCUT2D eigenvalue weighted by atomic mass is 16.6. The molecule has 0 saturated heterocycles. The van der Waals surface area contributed by atoms with Crippen molar-refractivity contribution in [3.8, 4) is 0 Å². The number of anilines is 1. The monoisotopic (exact) mass is 263 g/mol. The predicted octanol–water partition coefficient (Wildman–Crippen LogP) is 3.73. The molecule has 0 amide bonds. The van der Waals surface area contributed by atoms with Crippen LogP contribution < -0.4 is 5.32 Å². The van der Waals surface area contributed by atoms with Gasteiger partial charge in [0.1, 0.15) is 5.52 Å². The lowest BCUT2D eigenvalue weighted by Gasteiger charge is -2.13. The number of fused-ring (bicyclic) bond motifs is 1. The second kappa shape index (κ2) is 5.69. The summed E-state index contributed by atoms with van der Waals surface area (Å²) in [5.41, 5.74) is 1.08. The third-order valence-electron chi connectivity index (χ3n) is 3.04. The molecule has 0 radical (unpaired) electrons. The lowest BCUT2D eigenvalue weighted by Crippen LogP contribution is -2.17. The van der Waals surface area contributed by atoms with Gasteiger partial charge in [-0.2, -0.15) is 4.98 Å². The molecule has 0 aliphatic heterocycles. The molecule has 2 aromatic rings. The van der Waals surface area contributed by atoms with E-state index < -0.39 is 4.92 Å². The molecule has 0 bridgehead atoms. The first-order valence-electron chi connectivity index (χ1n) is 6.45. The van der Waals surface area contributed by atoms with E-state index >= 15 is 0 Å². The Morgan fingerprint density at radius 1 is 1.47 bits per heavy atom. The van der Waals surface area contributed by atoms with Crippen LogP contribution in [0.25, 0.3) is 11.1 Å². The molecule has 0 fully saturated rings. The standard InChI is InChI=1S/C13H17N3O3/c1-3-5-9(4-2)14-13-15-11-8-10(16(17)18)6-7-12(11)19-13/h6-9H,3-5H2,1-2H3,(H,14,15). The lowest BCUT2D eigenvalue weighted by molar-refractivity contribution is -0.384. The summed E-state index contributed by atoms with van der Waals surface area (Å²) in [6.45, 7) is 4.22. The van der Waals surface area contributed by atoms with Gasteiger partial charge in [-0.3, -0.25) is 10.1 Å². The highest BCUT2D eigenvalue weighted by Gasteiger charge is 2.13. The van der Waals surface area contributed by atoms with Gasteiger partial charge in [-0.1, -0.05) is 20.3 Å². The summed E-state index contributed by atoms with van der Waals surface area (Å²) in [7, 11) is 0. The lowest BCUT2D eigenvalue weighted by atomic mass is 10.1. The average Bonchev–Trinajstić information content (AvgIpc) is 2.79. The van der Waals surface area contributed by atoms with E-state index in [-0.39, 0.29) is 5.69 Å². The van der Waals surface area contributed by atoms with Crippen LogP contribution in [-0.2, 0) is 0 Å². The van der Waals surface area contributed by atoms with E-state index in [9.17, 15) is 10.1 Å². The first-order valence-corrected chi connectivity index (χ1v) is 6.45. The minimum Gasteiger partial charge on any atom is -0.424 e. The molecule has 0 spiro atoms. The molecule has 1 unspecified atom stereocenters. The number of non-ortho nitro benzene ring substituents is 1. The Bertz CT molecular complexity index is 580. The summed E-state index contributed by atoms with van der Waals surface area (Å²) in [5.74, 6) is 0. The number of hydrogen-bond donors (Lipinski definition) is 1. The largest absolute Gasteiger partial charge is 0.424 e. The van der Waals surface area contributed by atoms with Crippen molar-refractivity contribution >= 4 is 22.8 Å². The van der Waals surface area contributed by atoms with Crippen molar-refractivity contribution in [3.63, 3.8) is 0 Å². The summed E-state index contributed by atoms with van der Waals surface area (Å²) in [5, 5.41) is 13.9. The topological polar surface area (TPSA) is 81.2 Å². The van der Waals surface area contributed by atoms with E-state index in [1.54, 1.807) is 6.07 Å². The number of hydrogen-bond acceptors (Lipinski definition) is 5. The van der Waals surface area contributed by atoms with Crippen molar-refractivity contribution in [2.45, 2.75) is 39.2 Å². The van der Waals surface area contributed by atoms with Crippen molar-refractivity contribution in [2.24, 2.45) is 0 Å². The van der Waals surface area contributed by atoms with Crippen molar-refractivity contribution in [1.82, 2.24) is 4.98 Å². The maximum absolute atomic E-state index is 10.7. The zero-order chi connectivity index (χ0) is 13.8. The van der Waals surface area contributed by atoms with Crippen molar-refractivity contribution in [1.29, 1.82) is 0 Å². The maximum Gasteiger partial charge on any atom is 0.295 e. The average molecular weight is 263 g/mol. The van der Waals surface area contributed by atoms with Crippen molar-refractivity contribution in [3.05, 3.63) is 28.3 Å². The Morgan fingerprint density at radius 2 is 2.26 bits per heavy atom. The molecule has 1 aromatic carbocycles. The molecule has 1 N–H and O–H groups in total. The summed E-state index contributed by atoms with van der Waals surface area (Å²) in [6, 6.07) is 5.15. The van der Waals surface area contributed by atoms with E-state index in [0.29, 0.717) is 23.2 Å². The van der Waals surface area contributed by atoms with Crippen LogP contribution in [0.1, 0.15) is 33.1 Å². The van der Waals surface area contributed by atoms with Gasteiger partial charge in [-0.25, -0.2) is 0 Å². The molecular formula is C13H17N3O3. The quantitative estimate of drug-likeness (QED) is 0.634. The third-order valence-corrected chi connectivity index (χ3v) is 3.04. The van der Waals surface area contributed by atoms with Gasteiger partial charge in [0, 0.05) is 18.2 Å². The van der Waals surface area contributed by atoms with Gasteiger partial charge in [0.25, 0.3) is 11.7 Å². The number of nitro benzene ring substituents is 1. The molecular weight excluding hydrogens is 246 g/mol. The molecule has 102 valence electrons. The van der Waals surface area contributed by atoms with E-state index in [0.717, 1.165) is 19.3 Å². The molecule has 6 nitrogen and oxygen atoms in total. The van der Waals surface area contributed by atoms with Crippen LogP contribution in [0.2, 0.25) is 0 Å². The smallest absolute Gasteiger partial charge is 0.295 e. The molecule has 19 heavy (non-hydrogen) atoms. The summed E-state index contributed by atoms with van der Waals surface area (Å²) in [6.07, 6.45) is 3.10. The molecule has 6 heteroatoms. The van der Waals surface area contributed by atoms with Crippen LogP contribution in [0.15, 0.2) is 22.6 Å². The van der Waals surface area contributed by atoms with Gasteiger partial charge in [-0.05, 0) is 18.9 Å². The number of oxazole rings is 1. The van der Waals surface area contributed by atoms with Crippen LogP contribution in [0, 0.1) is 10.1 Å². The zero-order valence-electron chi connectivity index (χ0n) is 11.0. The number of aromatic nitrogens is 1. The summed E-state index contributed by atoms with van der Waals surface area (Å²) >= 11 is 0. The second-order valence-electron chi connectivity index (χ2n) is 4.47. The fraction of sp³-hybridized carbons (Fsp3) is 0.462. The minimum absolute atomic E-state index is 0.0212. The van der Waals surface area contributed by atoms with E-state index in [2.05, 4.69) is 24.1 Å². The number of rotatable bonds is 6. The number of nitro groups is 1. The van der Waals surface area contributed by atoms with E-state index in [1.165, 1.54) is 12.1 Å². The van der Waals surface area contributed by atoms with Crippen molar-refractivity contribution in [2.75, 3.05) is 5.32 Å². The van der Waals surface area contributed by atoms with Gasteiger partial charge in [-0.15, -0.1) is 0 Å². The Kier molecular flexibility index (Phi) is 3.99. The molecule has 1 heterocycles. The summed E-state index contributed by atoms with van der Waals surface area (Å²) < 4.78 is 5.54. The first kappa shape index (κ1) is 13.3. The van der Waals surface area contributed by atoms with Crippen LogP contribution >= 0.6 is 0 Å². The Morgan fingerprint density at radius 3 is 2.89 bits per heavy atom. The highest BCUT2D eigenvalue weighted by molar-refractivity contribution is 5.77. The van der Waals surface area contributed by atoms with Gasteiger partial charge >= 0.3 is 0 Å².